The highest BCUT2D eigenvalue weighted by Gasteiger charge is 2.30. The molecule has 1 aromatic rings. The molecule has 2 atom stereocenters. The summed E-state index contributed by atoms with van der Waals surface area (Å²) in [5.41, 5.74) is 2.10. The second-order valence-electron chi connectivity index (χ2n) is 5.48. The van der Waals surface area contributed by atoms with Crippen LogP contribution in [0.4, 0.5) is 5.69 Å². The van der Waals surface area contributed by atoms with Gasteiger partial charge in [0.2, 0.25) is 11.8 Å². The average molecular weight is 289 g/mol. The van der Waals surface area contributed by atoms with E-state index < -0.39 is 0 Å². The maximum atomic E-state index is 11.7. The van der Waals surface area contributed by atoms with Crippen LogP contribution in [0.2, 0.25) is 0 Å². The maximum Gasteiger partial charge on any atom is 0.249 e. The number of anilines is 1. The topological polar surface area (TPSA) is 61.4 Å². The largest absolute Gasteiger partial charge is 0.350 e. The lowest BCUT2D eigenvalue weighted by Gasteiger charge is -2.33. The molecule has 1 saturated heterocycles. The number of piperazine rings is 1. The first-order valence-electron chi connectivity index (χ1n) is 7.46. The minimum atomic E-state index is -0.329. The first-order chi connectivity index (χ1) is 10.0. The van der Waals surface area contributed by atoms with E-state index in [0.29, 0.717) is 6.04 Å². The van der Waals surface area contributed by atoms with Gasteiger partial charge in [-0.05, 0) is 44.5 Å². The van der Waals surface area contributed by atoms with E-state index in [1.807, 2.05) is 29.2 Å². The Hall–Kier alpha value is -1.88. The minimum absolute atomic E-state index is 0.218. The van der Waals surface area contributed by atoms with Crippen molar-refractivity contribution < 1.29 is 9.59 Å². The van der Waals surface area contributed by atoms with Gasteiger partial charge < -0.3 is 10.2 Å². The van der Waals surface area contributed by atoms with Crippen LogP contribution in [-0.2, 0) is 9.59 Å². The van der Waals surface area contributed by atoms with Crippen molar-refractivity contribution in [2.45, 2.75) is 39.3 Å². The van der Waals surface area contributed by atoms with Crippen LogP contribution in [0.15, 0.2) is 24.3 Å². The van der Waals surface area contributed by atoms with Crippen molar-refractivity contribution in [3.8, 4) is 0 Å². The van der Waals surface area contributed by atoms with Crippen LogP contribution in [0.1, 0.15) is 38.8 Å². The summed E-state index contributed by atoms with van der Waals surface area (Å²) in [6.45, 7) is 7.28. The lowest BCUT2D eigenvalue weighted by atomic mass is 10.1. The van der Waals surface area contributed by atoms with Crippen molar-refractivity contribution in [1.82, 2.24) is 10.6 Å². The predicted octanol–water partition coefficient (Wildman–Crippen LogP) is 1.60. The second kappa shape index (κ2) is 6.72. The Morgan fingerprint density at radius 2 is 2.00 bits per heavy atom. The third kappa shape index (κ3) is 3.61. The number of nitrogens with zero attached hydrogens (tertiary/aromatic N) is 1. The molecule has 5 nitrogen and oxygen atoms in total. The molecular formula is C16H23N3O2. The Morgan fingerprint density at radius 3 is 2.62 bits per heavy atom. The lowest BCUT2D eigenvalue weighted by Crippen LogP contribution is -2.57. The normalized spacial score (nSPS) is 20.3. The van der Waals surface area contributed by atoms with Crippen LogP contribution in [0, 0.1) is 0 Å². The summed E-state index contributed by atoms with van der Waals surface area (Å²) < 4.78 is 0. The van der Waals surface area contributed by atoms with E-state index in [9.17, 15) is 9.59 Å². The Balaban J connectivity index is 2.11. The molecule has 0 bridgehead atoms. The number of carbonyl (C=O) groups is 2. The number of rotatable bonds is 5. The molecule has 114 valence electrons. The zero-order chi connectivity index (χ0) is 15.4. The molecule has 0 aliphatic carbocycles. The molecule has 2 N–H and O–H groups in total. The van der Waals surface area contributed by atoms with Crippen LogP contribution < -0.4 is 15.5 Å². The van der Waals surface area contributed by atoms with Crippen molar-refractivity contribution in [2.75, 3.05) is 18.0 Å². The molecule has 2 unspecified atom stereocenters. The third-order valence-electron chi connectivity index (χ3n) is 3.85. The first-order valence-corrected chi connectivity index (χ1v) is 7.46. The summed E-state index contributed by atoms with van der Waals surface area (Å²) >= 11 is 0. The molecule has 1 aliphatic heterocycles. The van der Waals surface area contributed by atoms with Gasteiger partial charge in [0.25, 0.3) is 0 Å². The average Bonchev–Trinajstić information content (AvgIpc) is 2.48. The maximum absolute atomic E-state index is 11.7. The fourth-order valence-electron chi connectivity index (χ4n) is 2.46. The zero-order valence-electron chi connectivity index (χ0n) is 12.8. The summed E-state index contributed by atoms with van der Waals surface area (Å²) in [6, 6.07) is 8.01. The Morgan fingerprint density at radius 1 is 1.33 bits per heavy atom. The van der Waals surface area contributed by atoms with E-state index in [1.54, 1.807) is 6.92 Å². The zero-order valence-corrected chi connectivity index (χ0v) is 12.8. The van der Waals surface area contributed by atoms with Gasteiger partial charge in [-0.3, -0.25) is 14.9 Å². The number of benzene rings is 1. The minimum Gasteiger partial charge on any atom is -0.350 e. The van der Waals surface area contributed by atoms with Crippen molar-refractivity contribution in [2.24, 2.45) is 0 Å². The second-order valence-corrected chi connectivity index (χ2v) is 5.48. The van der Waals surface area contributed by atoms with Gasteiger partial charge >= 0.3 is 0 Å². The van der Waals surface area contributed by atoms with E-state index >= 15 is 0 Å². The fraction of sp³-hybridized carbons (Fsp3) is 0.500. The van der Waals surface area contributed by atoms with Gasteiger partial charge in [0.05, 0.1) is 6.54 Å². The summed E-state index contributed by atoms with van der Waals surface area (Å²) in [5.74, 6) is -0.492. The van der Waals surface area contributed by atoms with Crippen molar-refractivity contribution in [3.63, 3.8) is 0 Å². The molecule has 2 rings (SSSR count). The van der Waals surface area contributed by atoms with Crippen molar-refractivity contribution >= 4 is 17.5 Å². The van der Waals surface area contributed by atoms with E-state index in [2.05, 4.69) is 24.5 Å². The van der Waals surface area contributed by atoms with E-state index in [0.717, 1.165) is 18.7 Å². The van der Waals surface area contributed by atoms with Crippen LogP contribution >= 0.6 is 0 Å². The molecule has 21 heavy (non-hydrogen) atoms. The van der Waals surface area contributed by atoms with Crippen molar-refractivity contribution in [3.05, 3.63) is 29.8 Å². The Kier molecular flexibility index (Phi) is 4.96. The molecule has 0 radical (unpaired) electrons. The fourth-order valence-corrected chi connectivity index (χ4v) is 2.46. The molecule has 2 amide bonds. The molecule has 1 aromatic carbocycles. The Labute approximate surface area is 125 Å². The van der Waals surface area contributed by atoms with Gasteiger partial charge in [0.15, 0.2) is 0 Å². The number of imide groups is 1. The van der Waals surface area contributed by atoms with Gasteiger partial charge in [-0.25, -0.2) is 0 Å². The van der Waals surface area contributed by atoms with Gasteiger partial charge in [-0.2, -0.15) is 0 Å². The molecule has 1 heterocycles. The van der Waals surface area contributed by atoms with Crippen LogP contribution in [0.3, 0.4) is 0 Å². The molecule has 5 heteroatoms. The van der Waals surface area contributed by atoms with Crippen LogP contribution in [0.5, 0.6) is 0 Å². The van der Waals surface area contributed by atoms with Gasteiger partial charge in [0, 0.05) is 11.7 Å². The van der Waals surface area contributed by atoms with Gasteiger partial charge in [-0.1, -0.05) is 19.1 Å². The first kappa shape index (κ1) is 15.5. The number of nitrogens with one attached hydrogen (secondary N) is 2. The SMILES string of the molecule is CCCNC(C)c1ccc(N2CC(=O)NC(=O)C2C)cc1. The summed E-state index contributed by atoms with van der Waals surface area (Å²) in [5, 5.41) is 5.79. The van der Waals surface area contributed by atoms with Crippen molar-refractivity contribution in [1.29, 1.82) is 0 Å². The van der Waals surface area contributed by atoms with Crippen LogP contribution in [0.25, 0.3) is 0 Å². The molecule has 0 aromatic heterocycles. The van der Waals surface area contributed by atoms with Crippen LogP contribution in [-0.4, -0.2) is 30.9 Å². The quantitative estimate of drug-likeness (QED) is 0.808. The van der Waals surface area contributed by atoms with E-state index in [1.165, 1.54) is 5.56 Å². The van der Waals surface area contributed by atoms with Gasteiger partial charge in [-0.15, -0.1) is 0 Å². The number of hydrogen-bond donors (Lipinski definition) is 2. The molecule has 0 spiro atoms. The smallest absolute Gasteiger partial charge is 0.249 e. The molecule has 1 fully saturated rings. The monoisotopic (exact) mass is 289 g/mol. The molecular weight excluding hydrogens is 266 g/mol. The highest BCUT2D eigenvalue weighted by molar-refractivity contribution is 6.04. The number of carbonyl (C=O) groups excluding carboxylic acids is 2. The Bertz CT molecular complexity index is 513. The van der Waals surface area contributed by atoms with E-state index in [4.69, 9.17) is 0 Å². The third-order valence-corrected chi connectivity index (χ3v) is 3.85. The highest BCUT2D eigenvalue weighted by atomic mass is 16.2. The summed E-state index contributed by atoms with van der Waals surface area (Å²) in [6.07, 6.45) is 1.10. The summed E-state index contributed by atoms with van der Waals surface area (Å²) in [7, 11) is 0. The van der Waals surface area contributed by atoms with E-state index in [-0.39, 0.29) is 24.4 Å². The highest BCUT2D eigenvalue weighted by Crippen LogP contribution is 2.22. The standard InChI is InChI=1S/C16H23N3O2/c1-4-9-17-11(2)13-5-7-14(8-6-13)19-10-15(20)18-16(21)12(19)3/h5-8,11-12,17H,4,9-10H2,1-3H3,(H,18,20,21). The number of hydrogen-bond acceptors (Lipinski definition) is 4. The number of amides is 2. The molecule has 1 aliphatic rings. The summed E-state index contributed by atoms with van der Waals surface area (Å²) in [4.78, 5) is 25.0. The molecule has 0 saturated carbocycles. The lowest BCUT2D eigenvalue weighted by molar-refractivity contribution is -0.132. The predicted molar refractivity (Wildman–Crippen MR) is 83.1 cm³/mol. The van der Waals surface area contributed by atoms with Gasteiger partial charge in [0.1, 0.15) is 6.04 Å².